The van der Waals surface area contributed by atoms with Crippen molar-refractivity contribution in [3.63, 3.8) is 0 Å². The smallest absolute Gasteiger partial charge is 0.349 e. The number of esters is 1. The van der Waals surface area contributed by atoms with Crippen LogP contribution in [-0.2, 0) is 9.53 Å². The number of unbranched alkanes of at least 4 members (excludes halogenated alkanes) is 7. The highest BCUT2D eigenvalue weighted by Crippen LogP contribution is 2.29. The van der Waals surface area contributed by atoms with Gasteiger partial charge in [0.1, 0.15) is 17.4 Å². The van der Waals surface area contributed by atoms with Gasteiger partial charge in [-0.25, -0.2) is 4.79 Å². The lowest BCUT2D eigenvalue weighted by Crippen LogP contribution is -2.11. The topological polar surface area (TPSA) is 59.3 Å². The number of nitriles is 1. The molecule has 0 aliphatic rings. The highest BCUT2D eigenvalue weighted by Gasteiger charge is 2.20. The number of hydrogen-bond donors (Lipinski definition) is 0. The number of hydrogen-bond acceptors (Lipinski definition) is 4. The number of rotatable bonds is 14. The van der Waals surface area contributed by atoms with Crippen LogP contribution in [0.5, 0.6) is 5.75 Å². The Kier molecular flexibility index (Phi) is 11.4. The molecule has 2 aromatic rings. The number of methoxy groups -OCH3 is 1. The normalized spacial score (nSPS) is 11.2. The van der Waals surface area contributed by atoms with Crippen molar-refractivity contribution in [1.82, 2.24) is 0 Å². The van der Waals surface area contributed by atoms with E-state index in [1.54, 1.807) is 7.11 Å². The van der Waals surface area contributed by atoms with Gasteiger partial charge in [-0.2, -0.15) is 5.26 Å². The zero-order chi connectivity index (χ0) is 23.0. The van der Waals surface area contributed by atoms with E-state index in [-0.39, 0.29) is 5.57 Å². The number of carbonyl (C=O) groups excluding carboxylic acids is 1. The molecule has 0 fully saturated rings. The molecule has 0 amide bonds. The van der Waals surface area contributed by atoms with Crippen LogP contribution in [-0.4, -0.2) is 19.7 Å². The van der Waals surface area contributed by atoms with Crippen LogP contribution in [0.4, 0.5) is 0 Å². The van der Waals surface area contributed by atoms with Crippen molar-refractivity contribution in [3.8, 4) is 11.8 Å². The van der Waals surface area contributed by atoms with Crippen LogP contribution in [0.2, 0.25) is 0 Å². The Hall–Kier alpha value is -3.32. The van der Waals surface area contributed by atoms with Gasteiger partial charge < -0.3 is 9.47 Å². The average Bonchev–Trinajstić information content (AvgIpc) is 2.84. The van der Waals surface area contributed by atoms with E-state index in [0.29, 0.717) is 17.9 Å². The molecule has 0 radical (unpaired) electrons. The molecule has 0 saturated heterocycles. The zero-order valence-electron chi connectivity index (χ0n) is 19.0. The van der Waals surface area contributed by atoms with Gasteiger partial charge in [0.25, 0.3) is 0 Å². The van der Waals surface area contributed by atoms with E-state index in [4.69, 9.17) is 9.47 Å². The molecular formula is C28H33NO3. The first-order valence-corrected chi connectivity index (χ1v) is 11.3. The van der Waals surface area contributed by atoms with Crippen LogP contribution in [0.3, 0.4) is 0 Å². The van der Waals surface area contributed by atoms with E-state index < -0.39 is 5.97 Å². The van der Waals surface area contributed by atoms with Crippen LogP contribution >= 0.6 is 0 Å². The molecule has 168 valence electrons. The molecule has 0 unspecified atom stereocenters. The molecule has 0 N–H and O–H groups in total. The summed E-state index contributed by atoms with van der Waals surface area (Å²) >= 11 is 0. The molecule has 4 nitrogen and oxygen atoms in total. The molecule has 0 atom stereocenters. The van der Waals surface area contributed by atoms with E-state index in [1.807, 2.05) is 60.7 Å². The molecular weight excluding hydrogens is 398 g/mol. The van der Waals surface area contributed by atoms with Gasteiger partial charge in [0.15, 0.2) is 0 Å². The molecule has 0 aliphatic heterocycles. The second kappa shape index (κ2) is 14.6. The summed E-state index contributed by atoms with van der Waals surface area (Å²) in [7, 11) is 1.60. The number of carbonyl (C=O) groups is 1. The van der Waals surface area contributed by atoms with Crippen LogP contribution in [0, 0.1) is 11.3 Å². The van der Waals surface area contributed by atoms with Gasteiger partial charge >= 0.3 is 5.97 Å². The van der Waals surface area contributed by atoms with Crippen molar-refractivity contribution in [1.29, 1.82) is 5.26 Å². The first-order chi connectivity index (χ1) is 15.7. The van der Waals surface area contributed by atoms with Crippen molar-refractivity contribution in [2.24, 2.45) is 0 Å². The van der Waals surface area contributed by atoms with Gasteiger partial charge in [-0.1, -0.05) is 80.6 Å². The minimum absolute atomic E-state index is 0.0172. The predicted octanol–water partition coefficient (Wildman–Crippen LogP) is 6.87. The Balaban J connectivity index is 2.00. The van der Waals surface area contributed by atoms with E-state index in [0.717, 1.165) is 36.8 Å². The van der Waals surface area contributed by atoms with Crippen LogP contribution in [0.25, 0.3) is 5.57 Å². The first-order valence-electron chi connectivity index (χ1n) is 11.3. The number of ether oxygens (including phenoxy) is 2. The summed E-state index contributed by atoms with van der Waals surface area (Å²) in [5, 5.41) is 9.81. The summed E-state index contributed by atoms with van der Waals surface area (Å²) in [4.78, 5) is 12.8. The van der Waals surface area contributed by atoms with E-state index in [2.05, 4.69) is 12.6 Å². The van der Waals surface area contributed by atoms with Gasteiger partial charge in [0.05, 0.1) is 13.7 Å². The van der Waals surface area contributed by atoms with Gasteiger partial charge in [0, 0.05) is 5.57 Å². The van der Waals surface area contributed by atoms with E-state index >= 15 is 0 Å². The number of allylic oxidation sites excluding steroid dienone is 1. The summed E-state index contributed by atoms with van der Waals surface area (Å²) < 4.78 is 10.7. The van der Waals surface area contributed by atoms with Crippen molar-refractivity contribution in [2.75, 3.05) is 13.7 Å². The Morgan fingerprint density at radius 3 is 2.09 bits per heavy atom. The molecule has 0 bridgehead atoms. The Bertz CT molecular complexity index is 908. The first kappa shape index (κ1) is 24.9. The molecule has 0 heterocycles. The molecule has 4 heteroatoms. The van der Waals surface area contributed by atoms with Crippen LogP contribution in [0.15, 0.2) is 72.8 Å². The van der Waals surface area contributed by atoms with Gasteiger partial charge in [-0.15, -0.1) is 6.58 Å². The Labute approximate surface area is 192 Å². The van der Waals surface area contributed by atoms with Crippen molar-refractivity contribution >= 4 is 11.5 Å². The maximum absolute atomic E-state index is 12.8. The maximum Gasteiger partial charge on any atom is 0.349 e. The van der Waals surface area contributed by atoms with Crippen molar-refractivity contribution < 1.29 is 14.3 Å². The van der Waals surface area contributed by atoms with Crippen LogP contribution < -0.4 is 4.74 Å². The molecule has 32 heavy (non-hydrogen) atoms. The third-order valence-electron chi connectivity index (χ3n) is 5.29. The molecule has 0 saturated carbocycles. The number of benzene rings is 2. The summed E-state index contributed by atoms with van der Waals surface area (Å²) in [6, 6.07) is 18.9. The predicted molar refractivity (Wildman–Crippen MR) is 129 cm³/mol. The summed E-state index contributed by atoms with van der Waals surface area (Å²) in [6.07, 6.45) is 10.9. The van der Waals surface area contributed by atoms with Gasteiger partial charge in [0.2, 0.25) is 0 Å². The molecule has 0 spiro atoms. The minimum Gasteiger partial charge on any atom is -0.497 e. The third-order valence-corrected chi connectivity index (χ3v) is 5.29. The summed E-state index contributed by atoms with van der Waals surface area (Å²) in [5.74, 6) is 0.134. The average molecular weight is 432 g/mol. The zero-order valence-corrected chi connectivity index (χ0v) is 19.0. The Morgan fingerprint density at radius 2 is 1.50 bits per heavy atom. The second-order valence-corrected chi connectivity index (χ2v) is 7.64. The monoisotopic (exact) mass is 431 g/mol. The second-order valence-electron chi connectivity index (χ2n) is 7.64. The number of nitrogens with zero attached hydrogens (tertiary/aromatic N) is 1. The third kappa shape index (κ3) is 8.07. The Morgan fingerprint density at radius 1 is 0.906 bits per heavy atom. The van der Waals surface area contributed by atoms with Gasteiger partial charge in [-0.05, 0) is 42.5 Å². The van der Waals surface area contributed by atoms with E-state index in [1.165, 1.54) is 25.7 Å². The summed E-state index contributed by atoms with van der Waals surface area (Å²) in [5.41, 5.74) is 2.15. The standard InChI is InChI=1S/C28H33NO3/c1-3-4-5-6-7-8-9-10-14-21-32-28(30)26(22-29)27(23-15-12-11-13-16-23)24-17-19-25(31-2)20-18-24/h3,11-13,15-20H,1,4-10,14,21H2,2H3/b27-26-. The highest BCUT2D eigenvalue weighted by atomic mass is 16.5. The molecule has 0 aliphatic carbocycles. The maximum atomic E-state index is 12.8. The minimum atomic E-state index is -0.577. The lowest BCUT2D eigenvalue weighted by molar-refractivity contribution is -0.138. The molecule has 0 aromatic heterocycles. The van der Waals surface area contributed by atoms with Crippen molar-refractivity contribution in [2.45, 2.75) is 51.4 Å². The fourth-order valence-corrected chi connectivity index (χ4v) is 3.53. The van der Waals surface area contributed by atoms with Crippen molar-refractivity contribution in [3.05, 3.63) is 84.0 Å². The lowest BCUT2D eigenvalue weighted by atomic mass is 9.93. The highest BCUT2D eigenvalue weighted by molar-refractivity contribution is 6.05. The molecule has 2 rings (SSSR count). The quantitative estimate of drug-likeness (QED) is 0.108. The van der Waals surface area contributed by atoms with Crippen LogP contribution in [0.1, 0.15) is 62.5 Å². The SMILES string of the molecule is C=CCCCCCCCCCOC(=O)/C(C#N)=C(/c1ccccc1)c1ccc(OC)cc1. The lowest BCUT2D eigenvalue weighted by Gasteiger charge is -2.12. The fourth-order valence-electron chi connectivity index (χ4n) is 3.53. The van der Waals surface area contributed by atoms with Gasteiger partial charge in [-0.3, -0.25) is 0 Å². The largest absolute Gasteiger partial charge is 0.497 e. The fraction of sp³-hybridized carbons (Fsp3) is 0.357. The molecule has 2 aromatic carbocycles. The summed E-state index contributed by atoms with van der Waals surface area (Å²) in [6.45, 7) is 4.07. The van der Waals surface area contributed by atoms with E-state index in [9.17, 15) is 10.1 Å².